The number of methoxy groups -OCH3 is 1. The molecule has 1 saturated heterocycles. The minimum Gasteiger partial charge on any atom is -0.496 e. The van der Waals surface area contributed by atoms with E-state index in [0.717, 1.165) is 0 Å². The predicted molar refractivity (Wildman–Crippen MR) is 63.8 cm³/mol. The van der Waals surface area contributed by atoms with Crippen molar-refractivity contribution in [3.63, 3.8) is 0 Å². The third-order valence-corrected chi connectivity index (χ3v) is 4.11. The molecule has 0 aromatic heterocycles. The van der Waals surface area contributed by atoms with Crippen LogP contribution in [0.2, 0.25) is 0 Å². The van der Waals surface area contributed by atoms with E-state index < -0.39 is 35.6 Å². The van der Waals surface area contributed by atoms with Gasteiger partial charge in [0.2, 0.25) is 5.78 Å². The van der Waals surface area contributed by atoms with Gasteiger partial charge in [0.25, 0.3) is 0 Å². The normalized spacial score (nSPS) is 30.5. The van der Waals surface area contributed by atoms with Gasteiger partial charge >= 0.3 is 11.9 Å². The highest BCUT2D eigenvalue weighted by Gasteiger charge is 2.66. The summed E-state index contributed by atoms with van der Waals surface area (Å²) in [6.07, 6.45) is -0.466. The van der Waals surface area contributed by atoms with Gasteiger partial charge in [-0.15, -0.1) is 0 Å². The number of rotatable bonds is 1. The van der Waals surface area contributed by atoms with Crippen molar-refractivity contribution >= 4 is 11.8 Å². The number of fused-ring (bicyclic) bond motifs is 3. The standard InChI is InChI=1S/C14H12F2O4/c1-13-7-4-3-5-8(19-2)11(7)12(18)14(15,16)9(13)6-10(17)20-13/h3-5,9H,6H2,1-2H3. The predicted octanol–water partition coefficient (Wildman–Crippen LogP) is 2.31. The lowest BCUT2D eigenvalue weighted by Gasteiger charge is -2.39. The van der Waals surface area contributed by atoms with Crippen LogP contribution in [0.25, 0.3) is 0 Å². The van der Waals surface area contributed by atoms with E-state index in [1.807, 2.05) is 0 Å². The van der Waals surface area contributed by atoms with Gasteiger partial charge in [-0.05, 0) is 13.0 Å². The molecule has 1 heterocycles. The molecule has 0 saturated carbocycles. The van der Waals surface area contributed by atoms with Crippen molar-refractivity contribution in [3.05, 3.63) is 29.3 Å². The number of esters is 1. The largest absolute Gasteiger partial charge is 0.496 e. The Morgan fingerprint density at radius 2 is 2.05 bits per heavy atom. The van der Waals surface area contributed by atoms with Crippen LogP contribution in [-0.2, 0) is 15.1 Å². The summed E-state index contributed by atoms with van der Waals surface area (Å²) in [4.78, 5) is 23.6. The summed E-state index contributed by atoms with van der Waals surface area (Å²) in [5, 5.41) is 0. The molecule has 4 nitrogen and oxygen atoms in total. The molecule has 1 aromatic rings. The molecule has 20 heavy (non-hydrogen) atoms. The molecule has 1 aliphatic heterocycles. The molecule has 0 spiro atoms. The summed E-state index contributed by atoms with van der Waals surface area (Å²) in [6, 6.07) is 4.55. The lowest BCUT2D eigenvalue weighted by molar-refractivity contribution is -0.153. The summed E-state index contributed by atoms with van der Waals surface area (Å²) in [5.41, 5.74) is -1.42. The Labute approximate surface area is 113 Å². The van der Waals surface area contributed by atoms with E-state index in [4.69, 9.17) is 9.47 Å². The Hall–Kier alpha value is -1.98. The molecule has 0 bridgehead atoms. The molecular weight excluding hydrogens is 270 g/mol. The number of hydrogen-bond acceptors (Lipinski definition) is 4. The highest BCUT2D eigenvalue weighted by molar-refractivity contribution is 6.07. The highest BCUT2D eigenvalue weighted by atomic mass is 19.3. The number of hydrogen-bond donors (Lipinski definition) is 0. The first kappa shape index (κ1) is 13.0. The zero-order valence-electron chi connectivity index (χ0n) is 10.9. The molecule has 106 valence electrons. The Morgan fingerprint density at radius 3 is 2.70 bits per heavy atom. The van der Waals surface area contributed by atoms with Crippen molar-refractivity contribution in [1.29, 1.82) is 0 Å². The molecule has 2 aliphatic rings. The van der Waals surface area contributed by atoms with E-state index in [1.165, 1.54) is 26.2 Å². The lowest BCUT2D eigenvalue weighted by atomic mass is 9.69. The number of alkyl halides is 2. The van der Waals surface area contributed by atoms with Crippen LogP contribution in [0.1, 0.15) is 29.3 Å². The number of ketones is 1. The van der Waals surface area contributed by atoms with Gasteiger partial charge in [0.05, 0.1) is 25.0 Å². The second-order valence-corrected chi connectivity index (χ2v) is 5.17. The second-order valence-electron chi connectivity index (χ2n) is 5.17. The maximum atomic E-state index is 14.3. The van der Waals surface area contributed by atoms with Crippen LogP contribution in [0.4, 0.5) is 8.78 Å². The minimum absolute atomic E-state index is 0.0646. The number of carbonyl (C=O) groups is 2. The zero-order chi connectivity index (χ0) is 14.7. The molecule has 2 atom stereocenters. The third kappa shape index (κ3) is 1.39. The van der Waals surface area contributed by atoms with Crippen LogP contribution in [0, 0.1) is 5.92 Å². The Kier molecular flexibility index (Phi) is 2.46. The van der Waals surface area contributed by atoms with Crippen LogP contribution in [0.5, 0.6) is 5.75 Å². The molecule has 0 radical (unpaired) electrons. The molecule has 1 aliphatic carbocycles. The Bertz CT molecular complexity index is 626. The molecule has 1 fully saturated rings. The lowest BCUT2D eigenvalue weighted by Crippen LogP contribution is -2.51. The zero-order valence-corrected chi connectivity index (χ0v) is 10.9. The molecule has 2 unspecified atom stereocenters. The van der Waals surface area contributed by atoms with Crippen LogP contribution in [-0.4, -0.2) is 24.8 Å². The Balaban J connectivity index is 2.33. The molecule has 3 rings (SSSR count). The van der Waals surface area contributed by atoms with Crippen molar-refractivity contribution in [1.82, 2.24) is 0 Å². The average Bonchev–Trinajstić information content (AvgIpc) is 2.73. The van der Waals surface area contributed by atoms with Gasteiger partial charge in [-0.1, -0.05) is 12.1 Å². The quantitative estimate of drug-likeness (QED) is 0.742. The van der Waals surface area contributed by atoms with Gasteiger partial charge in [-0.2, -0.15) is 8.78 Å². The van der Waals surface area contributed by atoms with Crippen LogP contribution >= 0.6 is 0 Å². The van der Waals surface area contributed by atoms with E-state index in [1.54, 1.807) is 6.07 Å². The Morgan fingerprint density at radius 1 is 1.35 bits per heavy atom. The summed E-state index contributed by atoms with van der Waals surface area (Å²) in [6.45, 7) is 1.42. The fourth-order valence-corrected chi connectivity index (χ4v) is 3.10. The topological polar surface area (TPSA) is 52.6 Å². The van der Waals surface area contributed by atoms with Crippen molar-refractivity contribution < 1.29 is 27.8 Å². The van der Waals surface area contributed by atoms with Crippen LogP contribution < -0.4 is 4.74 Å². The number of carbonyl (C=O) groups excluding carboxylic acids is 2. The molecule has 6 heteroatoms. The summed E-state index contributed by atoms with van der Waals surface area (Å²) < 4.78 is 38.8. The van der Waals surface area contributed by atoms with Crippen LogP contribution in [0.15, 0.2) is 18.2 Å². The molecule has 0 N–H and O–H groups in total. The van der Waals surface area contributed by atoms with E-state index >= 15 is 0 Å². The first-order valence-electron chi connectivity index (χ1n) is 6.14. The maximum Gasteiger partial charge on any atom is 0.317 e. The van der Waals surface area contributed by atoms with Gasteiger partial charge in [-0.25, -0.2) is 0 Å². The van der Waals surface area contributed by atoms with Crippen LogP contribution in [0.3, 0.4) is 0 Å². The highest BCUT2D eigenvalue weighted by Crippen LogP contribution is 2.55. The van der Waals surface area contributed by atoms with Crippen molar-refractivity contribution in [2.75, 3.05) is 7.11 Å². The first-order chi connectivity index (χ1) is 9.32. The van der Waals surface area contributed by atoms with E-state index in [-0.39, 0.29) is 16.9 Å². The van der Waals surface area contributed by atoms with Crippen molar-refractivity contribution in [3.8, 4) is 5.75 Å². The number of Topliss-reactive ketones (excluding diaryl/α,β-unsaturated/α-hetero) is 1. The van der Waals surface area contributed by atoms with Gasteiger partial charge in [0.15, 0.2) is 0 Å². The molecule has 1 aromatic carbocycles. The number of benzene rings is 1. The fraction of sp³-hybridized carbons (Fsp3) is 0.429. The average molecular weight is 282 g/mol. The van der Waals surface area contributed by atoms with Gasteiger partial charge in [0.1, 0.15) is 11.4 Å². The SMILES string of the molecule is COc1cccc2c1C(=O)C(F)(F)C1CC(=O)OC21C. The van der Waals surface area contributed by atoms with Gasteiger partial charge < -0.3 is 9.47 Å². The number of ether oxygens (including phenoxy) is 2. The van der Waals surface area contributed by atoms with E-state index in [0.29, 0.717) is 0 Å². The number of halogens is 2. The summed E-state index contributed by atoms with van der Waals surface area (Å²) in [7, 11) is 1.30. The minimum atomic E-state index is -3.65. The second kappa shape index (κ2) is 3.77. The van der Waals surface area contributed by atoms with Crippen molar-refractivity contribution in [2.24, 2.45) is 5.92 Å². The molecular formula is C14H12F2O4. The van der Waals surface area contributed by atoms with Gasteiger partial charge in [0, 0.05) is 5.56 Å². The van der Waals surface area contributed by atoms with Crippen molar-refractivity contribution in [2.45, 2.75) is 24.9 Å². The first-order valence-corrected chi connectivity index (χ1v) is 6.14. The third-order valence-electron chi connectivity index (χ3n) is 4.11. The van der Waals surface area contributed by atoms with Gasteiger partial charge in [-0.3, -0.25) is 9.59 Å². The maximum absolute atomic E-state index is 14.3. The van der Waals surface area contributed by atoms with E-state index in [2.05, 4.69) is 0 Å². The monoisotopic (exact) mass is 282 g/mol. The fourth-order valence-electron chi connectivity index (χ4n) is 3.10. The summed E-state index contributed by atoms with van der Waals surface area (Å²) >= 11 is 0. The summed E-state index contributed by atoms with van der Waals surface area (Å²) in [5.74, 6) is -7.10. The molecule has 0 amide bonds. The smallest absolute Gasteiger partial charge is 0.317 e. The van der Waals surface area contributed by atoms with E-state index in [9.17, 15) is 18.4 Å².